The molecular formula is C17H28O5Si. The van der Waals surface area contributed by atoms with Gasteiger partial charge >= 0.3 is 0 Å². The van der Waals surface area contributed by atoms with E-state index < -0.39 is 8.32 Å². The quantitative estimate of drug-likeness (QED) is 0.404. The largest absolute Gasteiger partial charge is 0.486 e. The number of unbranched alkanes of at least 4 members (excludes halogenated alkanes) is 1. The maximum absolute atomic E-state index is 12.1. The summed E-state index contributed by atoms with van der Waals surface area (Å²) in [6, 6.07) is 1.35. The van der Waals surface area contributed by atoms with Crippen LogP contribution in [0.1, 0.15) is 56.9 Å². The van der Waals surface area contributed by atoms with E-state index in [4.69, 9.17) is 13.6 Å². The first-order valence-corrected chi connectivity index (χ1v) is 10.9. The summed E-state index contributed by atoms with van der Waals surface area (Å²) >= 11 is 0. The first-order chi connectivity index (χ1) is 10.6. The Morgan fingerprint density at radius 1 is 1.30 bits per heavy atom. The molecule has 0 atom stereocenters. The van der Waals surface area contributed by atoms with Gasteiger partial charge in [-0.15, -0.1) is 0 Å². The van der Waals surface area contributed by atoms with Gasteiger partial charge in [0.15, 0.2) is 14.6 Å². The van der Waals surface area contributed by atoms with E-state index in [0.29, 0.717) is 18.7 Å². The number of hydrogen-bond acceptors (Lipinski definition) is 5. The van der Waals surface area contributed by atoms with Crippen LogP contribution < -0.4 is 10.2 Å². The molecule has 0 aromatic carbocycles. The van der Waals surface area contributed by atoms with Crippen molar-refractivity contribution in [3.63, 3.8) is 0 Å². The van der Waals surface area contributed by atoms with Gasteiger partial charge in [-0.25, -0.2) is 0 Å². The number of hydrogen-bond donors (Lipinski definition) is 0. The normalized spacial score (nSPS) is 12.3. The van der Waals surface area contributed by atoms with Gasteiger partial charge in [-0.2, -0.15) is 0 Å². The van der Waals surface area contributed by atoms with Gasteiger partial charge in [0.05, 0.1) is 13.2 Å². The molecule has 0 unspecified atom stereocenters. The Morgan fingerprint density at radius 3 is 2.48 bits per heavy atom. The van der Waals surface area contributed by atoms with Crippen molar-refractivity contribution < 1.29 is 18.4 Å². The second-order valence-electron chi connectivity index (χ2n) is 7.14. The fourth-order valence-corrected chi connectivity index (χ4v) is 2.56. The van der Waals surface area contributed by atoms with Gasteiger partial charge in [0, 0.05) is 6.07 Å². The summed E-state index contributed by atoms with van der Waals surface area (Å²) in [6.07, 6.45) is 2.27. The van der Waals surface area contributed by atoms with Crippen LogP contribution in [0, 0.1) is 0 Å². The first-order valence-electron chi connectivity index (χ1n) is 8.01. The van der Waals surface area contributed by atoms with E-state index in [1.54, 1.807) is 0 Å². The van der Waals surface area contributed by atoms with Crippen LogP contribution in [0.4, 0.5) is 0 Å². The highest BCUT2D eigenvalue weighted by atomic mass is 28.4. The number of rotatable bonds is 8. The molecule has 0 spiro atoms. The third-order valence-electron chi connectivity index (χ3n) is 4.21. The van der Waals surface area contributed by atoms with Crippen LogP contribution in [0.25, 0.3) is 0 Å². The van der Waals surface area contributed by atoms with Crippen molar-refractivity contribution in [2.24, 2.45) is 0 Å². The molecule has 1 rings (SSSR count). The SMILES string of the molecule is CCCCOc1c(C=O)oc(CO[Si](C)(C)C(C)(C)C)cc1=O. The third-order valence-corrected chi connectivity index (χ3v) is 8.69. The van der Waals surface area contributed by atoms with E-state index in [0.717, 1.165) is 12.8 Å². The predicted molar refractivity (Wildman–Crippen MR) is 92.8 cm³/mol. The maximum Gasteiger partial charge on any atom is 0.227 e. The summed E-state index contributed by atoms with van der Waals surface area (Å²) in [4.78, 5) is 23.3. The van der Waals surface area contributed by atoms with E-state index >= 15 is 0 Å². The van der Waals surface area contributed by atoms with Gasteiger partial charge in [0.1, 0.15) is 5.76 Å². The minimum Gasteiger partial charge on any atom is -0.486 e. The molecule has 1 aromatic heterocycles. The number of carbonyl (C=O) groups is 1. The zero-order valence-electron chi connectivity index (χ0n) is 15.0. The average Bonchev–Trinajstić information content (AvgIpc) is 2.45. The van der Waals surface area contributed by atoms with E-state index in [-0.39, 0.29) is 28.6 Å². The van der Waals surface area contributed by atoms with Crippen LogP contribution >= 0.6 is 0 Å². The molecule has 0 saturated carbocycles. The minimum absolute atomic E-state index is 0.00970. The summed E-state index contributed by atoms with van der Waals surface area (Å²) in [5.74, 6) is 0.275. The highest BCUT2D eigenvalue weighted by molar-refractivity contribution is 6.74. The Bertz CT molecular complexity index is 584. The summed E-state index contributed by atoms with van der Waals surface area (Å²) in [7, 11) is -1.95. The lowest BCUT2D eigenvalue weighted by Crippen LogP contribution is -2.40. The molecule has 130 valence electrons. The third kappa shape index (κ3) is 5.32. The maximum atomic E-state index is 12.1. The van der Waals surface area contributed by atoms with Crippen LogP contribution in [-0.2, 0) is 11.0 Å². The molecule has 1 heterocycles. The number of aldehydes is 1. The van der Waals surface area contributed by atoms with Gasteiger partial charge in [-0.1, -0.05) is 34.1 Å². The Hall–Kier alpha value is -1.40. The van der Waals surface area contributed by atoms with Crippen LogP contribution in [0.15, 0.2) is 15.3 Å². The Morgan fingerprint density at radius 2 is 1.96 bits per heavy atom. The van der Waals surface area contributed by atoms with Gasteiger partial charge in [-0.05, 0) is 24.6 Å². The van der Waals surface area contributed by atoms with Gasteiger partial charge in [-0.3, -0.25) is 9.59 Å². The molecule has 23 heavy (non-hydrogen) atoms. The Labute approximate surface area is 139 Å². The van der Waals surface area contributed by atoms with Crippen molar-refractivity contribution >= 4 is 14.6 Å². The molecule has 0 bridgehead atoms. The van der Waals surface area contributed by atoms with E-state index in [1.165, 1.54) is 6.07 Å². The standard InChI is InChI=1S/C17H28O5Si/c1-7-8-9-20-16-14(19)10-13(22-15(16)11-18)12-21-23(5,6)17(2,3)4/h10-11H,7-9,12H2,1-6H3. The number of ether oxygens (including phenoxy) is 1. The molecule has 0 saturated heterocycles. The van der Waals surface area contributed by atoms with Crippen molar-refractivity contribution in [3.05, 3.63) is 27.8 Å². The Kier molecular flexibility index (Phi) is 6.77. The molecule has 5 nitrogen and oxygen atoms in total. The van der Waals surface area contributed by atoms with E-state index in [1.807, 2.05) is 6.92 Å². The monoisotopic (exact) mass is 340 g/mol. The topological polar surface area (TPSA) is 65.7 Å². The summed E-state index contributed by atoms with van der Waals surface area (Å²) in [5.41, 5.74) is -0.344. The highest BCUT2D eigenvalue weighted by Crippen LogP contribution is 2.37. The molecule has 6 heteroatoms. The second-order valence-corrected chi connectivity index (χ2v) is 11.9. The van der Waals surface area contributed by atoms with E-state index in [2.05, 4.69) is 33.9 Å². The van der Waals surface area contributed by atoms with Crippen LogP contribution in [0.2, 0.25) is 18.1 Å². The van der Waals surface area contributed by atoms with Crippen molar-refractivity contribution in [2.45, 2.75) is 65.3 Å². The molecule has 0 aliphatic carbocycles. The molecule has 0 aliphatic rings. The summed E-state index contributed by atoms with van der Waals surface area (Å²) in [6.45, 7) is 13.2. The van der Waals surface area contributed by atoms with Gasteiger partial charge in [0.25, 0.3) is 0 Å². The number of carbonyl (C=O) groups excluding carboxylic acids is 1. The lowest BCUT2D eigenvalue weighted by Gasteiger charge is -2.35. The molecule has 0 aliphatic heterocycles. The fraction of sp³-hybridized carbons (Fsp3) is 0.647. The van der Waals surface area contributed by atoms with E-state index in [9.17, 15) is 9.59 Å². The molecule has 1 aromatic rings. The average molecular weight is 340 g/mol. The smallest absolute Gasteiger partial charge is 0.227 e. The molecule has 0 amide bonds. The molecular weight excluding hydrogens is 312 g/mol. The van der Waals surface area contributed by atoms with Crippen molar-refractivity contribution in [2.75, 3.05) is 6.61 Å². The lowest BCUT2D eigenvalue weighted by atomic mass is 10.2. The van der Waals surface area contributed by atoms with Crippen LogP contribution in [0.3, 0.4) is 0 Å². The van der Waals surface area contributed by atoms with Crippen molar-refractivity contribution in [3.8, 4) is 5.75 Å². The summed E-state index contributed by atoms with van der Waals surface area (Å²) < 4.78 is 16.9. The minimum atomic E-state index is -1.95. The van der Waals surface area contributed by atoms with Gasteiger partial charge < -0.3 is 13.6 Å². The zero-order chi connectivity index (χ0) is 17.7. The molecule has 0 fully saturated rings. The zero-order valence-corrected chi connectivity index (χ0v) is 16.0. The predicted octanol–water partition coefficient (Wildman–Crippen LogP) is 4.15. The fourth-order valence-electron chi connectivity index (χ4n) is 1.63. The van der Waals surface area contributed by atoms with Gasteiger partial charge in [0.2, 0.25) is 16.9 Å². The highest BCUT2D eigenvalue weighted by Gasteiger charge is 2.37. The summed E-state index contributed by atoms with van der Waals surface area (Å²) in [5, 5.41) is 0.0595. The van der Waals surface area contributed by atoms with Crippen LogP contribution in [-0.4, -0.2) is 21.2 Å². The molecule has 0 radical (unpaired) electrons. The van der Waals surface area contributed by atoms with Crippen LogP contribution in [0.5, 0.6) is 5.75 Å². The van der Waals surface area contributed by atoms with Crippen molar-refractivity contribution in [1.29, 1.82) is 0 Å². The lowest BCUT2D eigenvalue weighted by molar-refractivity contribution is 0.108. The first kappa shape index (κ1) is 19.6. The Balaban J connectivity index is 2.92. The molecule has 0 N–H and O–H groups in total. The van der Waals surface area contributed by atoms with Crippen molar-refractivity contribution in [1.82, 2.24) is 0 Å². The second kappa shape index (κ2) is 7.92.